The average molecular weight is 383 g/mol. The Hall–Kier alpha value is -1.81. The predicted molar refractivity (Wildman–Crippen MR) is 112 cm³/mol. The average Bonchev–Trinajstić information content (AvgIpc) is 3.15. The third kappa shape index (κ3) is 4.06. The van der Waals surface area contributed by atoms with E-state index in [1.54, 1.807) is 0 Å². The molecule has 0 radical (unpaired) electrons. The van der Waals surface area contributed by atoms with Gasteiger partial charge >= 0.3 is 0 Å². The van der Waals surface area contributed by atoms with Gasteiger partial charge in [0.05, 0.1) is 11.7 Å². The van der Waals surface area contributed by atoms with Crippen LogP contribution in [-0.2, 0) is 0 Å². The molecule has 2 aromatic carbocycles. The minimum Gasteiger partial charge on any atom is -0.206 e. The van der Waals surface area contributed by atoms with Gasteiger partial charge in [0.15, 0.2) is 0 Å². The highest BCUT2D eigenvalue weighted by atomic mass is 32.1. The van der Waals surface area contributed by atoms with Gasteiger partial charge in [-0.2, -0.15) is 8.75 Å². The van der Waals surface area contributed by atoms with Crippen molar-refractivity contribution in [3.8, 4) is 11.1 Å². The zero-order valence-corrected chi connectivity index (χ0v) is 16.9. The molecule has 142 valence electrons. The van der Waals surface area contributed by atoms with Crippen molar-refractivity contribution >= 4 is 22.8 Å². The van der Waals surface area contributed by atoms with E-state index < -0.39 is 0 Å². The van der Waals surface area contributed by atoms with E-state index in [4.69, 9.17) is 0 Å². The van der Waals surface area contributed by atoms with Crippen LogP contribution >= 0.6 is 11.7 Å². The van der Waals surface area contributed by atoms with Gasteiger partial charge in [-0.1, -0.05) is 44.5 Å². The number of hydrogen-bond acceptors (Lipinski definition) is 3. The van der Waals surface area contributed by atoms with Gasteiger partial charge in [-0.05, 0) is 67.1 Å². The molecule has 1 heterocycles. The van der Waals surface area contributed by atoms with Gasteiger partial charge in [-0.15, -0.1) is 0 Å². The Morgan fingerprint density at radius 3 is 2.37 bits per heavy atom. The van der Waals surface area contributed by atoms with Crippen LogP contribution in [0.25, 0.3) is 22.2 Å². The Morgan fingerprint density at radius 2 is 1.70 bits per heavy atom. The van der Waals surface area contributed by atoms with E-state index in [0.717, 1.165) is 34.6 Å². The summed E-state index contributed by atoms with van der Waals surface area (Å²) in [7, 11) is 0. The fourth-order valence-electron chi connectivity index (χ4n) is 4.43. The second kappa shape index (κ2) is 8.05. The number of aromatic nitrogens is 2. The smallest absolute Gasteiger partial charge is 0.133 e. The lowest BCUT2D eigenvalue weighted by Crippen LogP contribution is -2.15. The molecule has 1 fully saturated rings. The second-order valence-corrected chi connectivity index (χ2v) is 8.70. The molecule has 0 aliphatic heterocycles. The molecule has 4 rings (SSSR count). The molecule has 0 spiro atoms. The number of halogens is 1. The molecular formula is C23H27FN2S. The van der Waals surface area contributed by atoms with Gasteiger partial charge in [-0.25, -0.2) is 4.39 Å². The Bertz CT molecular complexity index is 894. The summed E-state index contributed by atoms with van der Waals surface area (Å²) in [5.41, 5.74) is 4.32. The largest absolute Gasteiger partial charge is 0.206 e. The van der Waals surface area contributed by atoms with Crippen molar-refractivity contribution in [1.29, 1.82) is 0 Å². The van der Waals surface area contributed by atoms with Crippen molar-refractivity contribution in [3.63, 3.8) is 0 Å². The standard InChI is InChI=1S/C23H27FN2S/c1-3-15(2)12-16-4-6-17(7-5-16)18-8-10-19(11-9-18)20-13-22-23(14-21(20)24)26-27-25-22/h8-11,13-17H,3-7,12H2,1-2H3. The van der Waals surface area contributed by atoms with E-state index in [9.17, 15) is 4.39 Å². The summed E-state index contributed by atoms with van der Waals surface area (Å²) < 4.78 is 22.8. The molecule has 3 aromatic rings. The first-order valence-electron chi connectivity index (χ1n) is 10.2. The van der Waals surface area contributed by atoms with Crippen molar-refractivity contribution in [2.45, 2.75) is 58.3 Å². The molecule has 1 aromatic heterocycles. The molecule has 0 bridgehead atoms. The Balaban J connectivity index is 1.45. The highest BCUT2D eigenvalue weighted by Crippen LogP contribution is 2.39. The van der Waals surface area contributed by atoms with Crippen LogP contribution in [0.3, 0.4) is 0 Å². The van der Waals surface area contributed by atoms with E-state index >= 15 is 0 Å². The number of benzene rings is 2. The van der Waals surface area contributed by atoms with Crippen molar-refractivity contribution in [3.05, 3.63) is 47.8 Å². The zero-order chi connectivity index (χ0) is 18.8. The highest BCUT2D eigenvalue weighted by Gasteiger charge is 2.23. The Morgan fingerprint density at radius 1 is 1.04 bits per heavy atom. The van der Waals surface area contributed by atoms with E-state index in [0.29, 0.717) is 17.0 Å². The maximum Gasteiger partial charge on any atom is 0.133 e. The Labute approximate surface area is 165 Å². The fourth-order valence-corrected chi connectivity index (χ4v) is 4.94. The van der Waals surface area contributed by atoms with E-state index in [1.807, 2.05) is 6.07 Å². The van der Waals surface area contributed by atoms with Crippen LogP contribution in [0, 0.1) is 17.7 Å². The zero-order valence-electron chi connectivity index (χ0n) is 16.1. The van der Waals surface area contributed by atoms with E-state index in [1.165, 1.54) is 50.2 Å². The highest BCUT2D eigenvalue weighted by molar-refractivity contribution is 7.00. The van der Waals surface area contributed by atoms with Crippen LogP contribution in [0.5, 0.6) is 0 Å². The van der Waals surface area contributed by atoms with Crippen molar-refractivity contribution in [1.82, 2.24) is 8.75 Å². The first-order valence-corrected chi connectivity index (χ1v) is 10.9. The molecule has 27 heavy (non-hydrogen) atoms. The minimum absolute atomic E-state index is 0.228. The van der Waals surface area contributed by atoms with Gasteiger partial charge in [-0.3, -0.25) is 0 Å². The summed E-state index contributed by atoms with van der Waals surface area (Å²) in [6, 6.07) is 11.8. The maximum atomic E-state index is 14.5. The van der Waals surface area contributed by atoms with Crippen molar-refractivity contribution in [2.24, 2.45) is 11.8 Å². The number of nitrogens with zero attached hydrogens (tertiary/aromatic N) is 2. The van der Waals surface area contributed by atoms with Crippen LogP contribution in [0.4, 0.5) is 4.39 Å². The summed E-state index contributed by atoms with van der Waals surface area (Å²) >= 11 is 1.13. The van der Waals surface area contributed by atoms with Gasteiger partial charge in [0.25, 0.3) is 0 Å². The number of hydrogen-bond donors (Lipinski definition) is 0. The van der Waals surface area contributed by atoms with Crippen LogP contribution in [0.1, 0.15) is 63.9 Å². The lowest BCUT2D eigenvalue weighted by molar-refractivity contribution is 0.273. The predicted octanol–water partition coefficient (Wildman–Crippen LogP) is 7.21. The first kappa shape index (κ1) is 18.5. The van der Waals surface area contributed by atoms with Crippen LogP contribution < -0.4 is 0 Å². The quantitative estimate of drug-likeness (QED) is 0.466. The number of rotatable bonds is 5. The molecule has 2 nitrogen and oxygen atoms in total. The molecule has 0 amide bonds. The summed E-state index contributed by atoms with van der Waals surface area (Å²) in [6.07, 6.45) is 7.93. The molecule has 1 aliphatic rings. The Kier molecular flexibility index (Phi) is 5.53. The molecule has 1 atom stereocenters. The monoisotopic (exact) mass is 382 g/mol. The van der Waals surface area contributed by atoms with E-state index in [-0.39, 0.29) is 5.82 Å². The summed E-state index contributed by atoms with van der Waals surface area (Å²) in [6.45, 7) is 4.67. The summed E-state index contributed by atoms with van der Waals surface area (Å²) in [4.78, 5) is 0. The third-order valence-electron chi connectivity index (χ3n) is 6.32. The van der Waals surface area contributed by atoms with Gasteiger partial charge in [0, 0.05) is 11.6 Å². The van der Waals surface area contributed by atoms with Gasteiger partial charge in [0.1, 0.15) is 16.9 Å². The van der Waals surface area contributed by atoms with Crippen LogP contribution in [0.2, 0.25) is 0 Å². The molecule has 1 saturated carbocycles. The van der Waals surface area contributed by atoms with E-state index in [2.05, 4.69) is 46.9 Å². The van der Waals surface area contributed by atoms with Gasteiger partial charge in [0.2, 0.25) is 0 Å². The van der Waals surface area contributed by atoms with Gasteiger partial charge < -0.3 is 0 Å². The lowest BCUT2D eigenvalue weighted by atomic mass is 9.75. The molecule has 1 aliphatic carbocycles. The molecule has 4 heteroatoms. The topological polar surface area (TPSA) is 25.8 Å². The third-order valence-corrected chi connectivity index (χ3v) is 6.87. The van der Waals surface area contributed by atoms with Crippen LogP contribution in [-0.4, -0.2) is 8.75 Å². The second-order valence-electron chi connectivity index (χ2n) is 8.17. The lowest BCUT2D eigenvalue weighted by Gasteiger charge is -2.30. The number of fused-ring (bicyclic) bond motifs is 1. The van der Waals surface area contributed by atoms with Crippen molar-refractivity contribution in [2.75, 3.05) is 0 Å². The van der Waals surface area contributed by atoms with Crippen LogP contribution in [0.15, 0.2) is 36.4 Å². The maximum absolute atomic E-state index is 14.5. The van der Waals surface area contributed by atoms with Crippen molar-refractivity contribution < 1.29 is 4.39 Å². The minimum atomic E-state index is -0.228. The molecule has 0 N–H and O–H groups in total. The fraction of sp³-hybridized carbons (Fsp3) is 0.478. The summed E-state index contributed by atoms with van der Waals surface area (Å²) in [5, 5.41) is 0. The normalized spacial score (nSPS) is 21.4. The first-order chi connectivity index (χ1) is 13.1. The molecular weight excluding hydrogens is 355 g/mol. The SMILES string of the molecule is CCC(C)CC1CCC(c2ccc(-c3cc4nsnc4cc3F)cc2)CC1. The molecule has 0 saturated heterocycles. The molecule has 1 unspecified atom stereocenters. The summed E-state index contributed by atoms with van der Waals surface area (Å²) in [5.74, 6) is 2.19.